The zero-order valence-corrected chi connectivity index (χ0v) is 11.5. The number of rotatable bonds is 8. The minimum atomic E-state index is -2.47. The number of alkyl halides is 2. The summed E-state index contributed by atoms with van der Waals surface area (Å²) in [6.07, 6.45) is 1.18. The van der Waals surface area contributed by atoms with Crippen LogP contribution >= 0.6 is 0 Å². The van der Waals surface area contributed by atoms with E-state index in [1.165, 1.54) is 12.8 Å². The lowest BCUT2D eigenvalue weighted by molar-refractivity contribution is -0.133. The van der Waals surface area contributed by atoms with E-state index in [1.54, 1.807) is 4.90 Å². The van der Waals surface area contributed by atoms with Crippen molar-refractivity contribution in [3.05, 3.63) is 0 Å². The van der Waals surface area contributed by atoms with Crippen LogP contribution in [-0.2, 0) is 9.53 Å². The standard InChI is InChI=1S/C13H24F2N2O2/c1-2-17(9-11-5-3-4-7-16-11)13(18)6-8-19-10-12(14)15/h11-12,16H,2-10H2,1H3. The minimum Gasteiger partial charge on any atom is -0.375 e. The van der Waals surface area contributed by atoms with Crippen LogP contribution in [0.3, 0.4) is 0 Å². The lowest BCUT2D eigenvalue weighted by atomic mass is 10.0. The van der Waals surface area contributed by atoms with Gasteiger partial charge in [0.25, 0.3) is 6.43 Å². The smallest absolute Gasteiger partial charge is 0.261 e. The van der Waals surface area contributed by atoms with Crippen LogP contribution in [0.15, 0.2) is 0 Å². The van der Waals surface area contributed by atoms with E-state index in [4.69, 9.17) is 4.74 Å². The molecule has 1 rings (SSSR count). The van der Waals surface area contributed by atoms with Gasteiger partial charge in [0.2, 0.25) is 5.91 Å². The zero-order valence-electron chi connectivity index (χ0n) is 11.5. The third-order valence-electron chi connectivity index (χ3n) is 3.29. The van der Waals surface area contributed by atoms with Crippen LogP contribution < -0.4 is 5.32 Å². The number of nitrogens with zero attached hydrogens (tertiary/aromatic N) is 1. The van der Waals surface area contributed by atoms with Crippen molar-refractivity contribution < 1.29 is 18.3 Å². The van der Waals surface area contributed by atoms with E-state index in [0.717, 1.165) is 13.0 Å². The molecule has 1 aliphatic rings. The Hall–Kier alpha value is -0.750. The molecule has 1 unspecified atom stereocenters. The van der Waals surface area contributed by atoms with Crippen LogP contribution in [0.4, 0.5) is 8.78 Å². The molecule has 0 saturated carbocycles. The summed E-state index contributed by atoms with van der Waals surface area (Å²) in [5, 5.41) is 3.40. The number of nitrogens with one attached hydrogen (secondary N) is 1. The molecule has 1 atom stereocenters. The highest BCUT2D eigenvalue weighted by atomic mass is 19.3. The average molecular weight is 278 g/mol. The second kappa shape index (κ2) is 9.20. The first kappa shape index (κ1) is 16.3. The first-order valence-corrected chi connectivity index (χ1v) is 7.00. The summed E-state index contributed by atoms with van der Waals surface area (Å²) in [5.41, 5.74) is 0. The Kier molecular flexibility index (Phi) is 7.90. The Morgan fingerprint density at radius 3 is 2.84 bits per heavy atom. The average Bonchev–Trinajstić information content (AvgIpc) is 2.41. The van der Waals surface area contributed by atoms with Crippen molar-refractivity contribution in [2.75, 3.05) is 32.8 Å². The summed E-state index contributed by atoms with van der Waals surface area (Å²) >= 11 is 0. The van der Waals surface area contributed by atoms with Crippen LogP contribution in [0.2, 0.25) is 0 Å². The predicted octanol–water partition coefficient (Wildman–Crippen LogP) is 1.65. The van der Waals surface area contributed by atoms with E-state index in [2.05, 4.69) is 5.32 Å². The largest absolute Gasteiger partial charge is 0.375 e. The van der Waals surface area contributed by atoms with Gasteiger partial charge in [0, 0.05) is 19.1 Å². The van der Waals surface area contributed by atoms with E-state index in [9.17, 15) is 13.6 Å². The second-order valence-electron chi connectivity index (χ2n) is 4.80. The lowest BCUT2D eigenvalue weighted by Gasteiger charge is -2.30. The van der Waals surface area contributed by atoms with E-state index < -0.39 is 13.0 Å². The first-order chi connectivity index (χ1) is 9.13. The number of carbonyl (C=O) groups excluding carboxylic acids is 1. The maximum Gasteiger partial charge on any atom is 0.261 e. The van der Waals surface area contributed by atoms with Crippen LogP contribution in [-0.4, -0.2) is 56.1 Å². The van der Waals surface area contributed by atoms with Crippen molar-refractivity contribution in [2.45, 2.75) is 45.1 Å². The van der Waals surface area contributed by atoms with Crippen molar-refractivity contribution in [3.8, 4) is 0 Å². The van der Waals surface area contributed by atoms with E-state index in [0.29, 0.717) is 19.1 Å². The Morgan fingerprint density at radius 1 is 1.47 bits per heavy atom. The Labute approximate surface area is 113 Å². The maximum atomic E-state index is 11.9. The van der Waals surface area contributed by atoms with Gasteiger partial charge in [-0.3, -0.25) is 4.79 Å². The molecule has 0 spiro atoms. The molecule has 0 aromatic rings. The van der Waals surface area contributed by atoms with Crippen LogP contribution in [0.25, 0.3) is 0 Å². The quantitative estimate of drug-likeness (QED) is 0.686. The van der Waals surface area contributed by atoms with Gasteiger partial charge in [-0.15, -0.1) is 0 Å². The molecule has 112 valence electrons. The lowest BCUT2D eigenvalue weighted by Crippen LogP contribution is -2.45. The molecule has 1 aliphatic heterocycles. The SMILES string of the molecule is CCN(CC1CCCCN1)C(=O)CCOCC(F)F. The fourth-order valence-electron chi connectivity index (χ4n) is 2.24. The Balaban J connectivity index is 2.22. The maximum absolute atomic E-state index is 11.9. The van der Waals surface area contributed by atoms with Gasteiger partial charge in [0.05, 0.1) is 13.0 Å². The van der Waals surface area contributed by atoms with Gasteiger partial charge in [-0.05, 0) is 26.3 Å². The van der Waals surface area contributed by atoms with Gasteiger partial charge < -0.3 is 15.0 Å². The van der Waals surface area contributed by atoms with Gasteiger partial charge in [-0.2, -0.15) is 0 Å². The number of piperidine rings is 1. The van der Waals surface area contributed by atoms with Crippen LogP contribution in [0, 0.1) is 0 Å². The Morgan fingerprint density at radius 2 is 2.26 bits per heavy atom. The van der Waals surface area contributed by atoms with Crippen LogP contribution in [0.5, 0.6) is 0 Å². The third-order valence-corrected chi connectivity index (χ3v) is 3.29. The number of halogens is 2. The van der Waals surface area contributed by atoms with Gasteiger partial charge in [-0.1, -0.05) is 6.42 Å². The summed E-state index contributed by atoms with van der Waals surface area (Å²) in [5.74, 6) is -0.0239. The fourth-order valence-corrected chi connectivity index (χ4v) is 2.24. The molecule has 1 N–H and O–H groups in total. The molecule has 0 bridgehead atoms. The normalized spacial score (nSPS) is 19.7. The highest BCUT2D eigenvalue weighted by Crippen LogP contribution is 2.09. The molecule has 0 aromatic carbocycles. The summed E-state index contributed by atoms with van der Waals surface area (Å²) in [6.45, 7) is 3.76. The third kappa shape index (κ3) is 6.82. The monoisotopic (exact) mass is 278 g/mol. The summed E-state index contributed by atoms with van der Waals surface area (Å²) < 4.78 is 28.5. The molecule has 19 heavy (non-hydrogen) atoms. The van der Waals surface area contributed by atoms with Crippen molar-refractivity contribution in [2.24, 2.45) is 0 Å². The number of ether oxygens (including phenoxy) is 1. The van der Waals surface area contributed by atoms with Gasteiger partial charge in [0.1, 0.15) is 6.61 Å². The molecular formula is C13H24F2N2O2. The minimum absolute atomic E-state index is 0.0239. The van der Waals surface area contributed by atoms with Gasteiger partial charge in [-0.25, -0.2) is 8.78 Å². The second-order valence-corrected chi connectivity index (χ2v) is 4.80. The van der Waals surface area contributed by atoms with Crippen molar-refractivity contribution in [1.82, 2.24) is 10.2 Å². The number of hydrogen-bond acceptors (Lipinski definition) is 3. The molecule has 0 radical (unpaired) electrons. The molecule has 1 amide bonds. The van der Waals surface area contributed by atoms with E-state index >= 15 is 0 Å². The molecule has 6 heteroatoms. The number of amides is 1. The number of carbonyl (C=O) groups is 1. The van der Waals surface area contributed by atoms with E-state index in [1.807, 2.05) is 6.92 Å². The van der Waals surface area contributed by atoms with Crippen molar-refractivity contribution >= 4 is 5.91 Å². The van der Waals surface area contributed by atoms with E-state index in [-0.39, 0.29) is 18.9 Å². The number of hydrogen-bond donors (Lipinski definition) is 1. The highest BCUT2D eigenvalue weighted by molar-refractivity contribution is 5.76. The molecule has 0 aromatic heterocycles. The molecule has 1 heterocycles. The summed E-state index contributed by atoms with van der Waals surface area (Å²) in [6, 6.07) is 0.361. The Bertz CT molecular complexity index is 259. The van der Waals surface area contributed by atoms with Crippen LogP contribution in [0.1, 0.15) is 32.6 Å². The highest BCUT2D eigenvalue weighted by Gasteiger charge is 2.19. The molecule has 0 aliphatic carbocycles. The summed E-state index contributed by atoms with van der Waals surface area (Å²) in [7, 11) is 0. The molecule has 1 saturated heterocycles. The topological polar surface area (TPSA) is 41.6 Å². The predicted molar refractivity (Wildman–Crippen MR) is 69.3 cm³/mol. The van der Waals surface area contributed by atoms with Gasteiger partial charge in [0.15, 0.2) is 0 Å². The van der Waals surface area contributed by atoms with Crippen molar-refractivity contribution in [1.29, 1.82) is 0 Å². The van der Waals surface area contributed by atoms with Gasteiger partial charge >= 0.3 is 0 Å². The zero-order chi connectivity index (χ0) is 14.1. The summed E-state index contributed by atoms with van der Waals surface area (Å²) in [4.78, 5) is 13.7. The molecule has 1 fully saturated rings. The molecular weight excluding hydrogens is 254 g/mol. The fraction of sp³-hybridized carbons (Fsp3) is 0.923. The first-order valence-electron chi connectivity index (χ1n) is 7.00. The number of likely N-dealkylation sites (N-methyl/N-ethyl adjacent to an activating group) is 1. The van der Waals surface area contributed by atoms with Crippen molar-refractivity contribution in [3.63, 3.8) is 0 Å². The molecule has 4 nitrogen and oxygen atoms in total.